The van der Waals surface area contributed by atoms with Gasteiger partial charge in [0.25, 0.3) is 0 Å². The molecule has 0 radical (unpaired) electrons. The molecule has 0 aliphatic rings. The third kappa shape index (κ3) is 5.76. The van der Waals surface area contributed by atoms with Crippen molar-refractivity contribution in [1.82, 2.24) is 4.72 Å². The van der Waals surface area contributed by atoms with Gasteiger partial charge in [-0.3, -0.25) is 0 Å². The number of benzene rings is 1. The average Bonchev–Trinajstić information content (AvgIpc) is 2.47. The Balaban J connectivity index is 2.97. The van der Waals surface area contributed by atoms with Crippen LogP contribution in [0.5, 0.6) is 5.75 Å². The zero-order valence-corrected chi connectivity index (χ0v) is 14.6. The van der Waals surface area contributed by atoms with E-state index in [2.05, 4.69) is 11.6 Å². The molecule has 0 saturated heterocycles. The molecule has 1 rings (SSSR count). The van der Waals surface area contributed by atoms with Gasteiger partial charge in [-0.1, -0.05) is 31.4 Å². The van der Waals surface area contributed by atoms with Gasteiger partial charge in [0.05, 0.1) is 6.61 Å². The lowest BCUT2D eigenvalue weighted by Gasteiger charge is -2.14. The third-order valence-electron chi connectivity index (χ3n) is 3.15. The highest BCUT2D eigenvalue weighted by molar-refractivity contribution is 7.89. The van der Waals surface area contributed by atoms with E-state index in [0.717, 1.165) is 24.8 Å². The summed E-state index contributed by atoms with van der Waals surface area (Å²) in [6, 6.07) is 3.06. The predicted octanol–water partition coefficient (Wildman–Crippen LogP) is 2.88. The number of ether oxygens (including phenoxy) is 1. The first kappa shape index (κ1) is 19.2. The molecule has 1 aromatic rings. The van der Waals surface area contributed by atoms with Crippen LogP contribution in [0.1, 0.15) is 38.2 Å². The van der Waals surface area contributed by atoms with E-state index in [0.29, 0.717) is 23.8 Å². The number of aliphatic hydroxyl groups excluding tert-OH is 1. The molecule has 0 unspecified atom stereocenters. The molecule has 5 nitrogen and oxygen atoms in total. The van der Waals surface area contributed by atoms with E-state index in [9.17, 15) is 8.42 Å². The molecule has 0 aromatic heterocycles. The molecule has 0 heterocycles. The Bertz CT molecular complexity index is 575. The number of halogens is 1. The third-order valence-corrected chi connectivity index (χ3v) is 5.04. The fourth-order valence-electron chi connectivity index (χ4n) is 1.86. The Hall–Kier alpha value is -0.820. The maximum absolute atomic E-state index is 12.3. The molecular formula is C15H24ClNO4S. The van der Waals surface area contributed by atoms with Crippen molar-refractivity contribution in [3.63, 3.8) is 0 Å². The smallest absolute Gasteiger partial charge is 0.244 e. The standard InChI is InChI=1S/C15H24ClNO4S/c1-3-4-5-9-21-14-10-12(2)13(16)11-15(14)22(19,20)17-7-6-8-18/h10-11,17-18H,3-9H2,1-2H3. The van der Waals surface area contributed by atoms with Gasteiger partial charge in [-0.25, -0.2) is 13.1 Å². The Morgan fingerprint density at radius 2 is 2.00 bits per heavy atom. The van der Waals surface area contributed by atoms with Gasteiger partial charge in [0.15, 0.2) is 0 Å². The van der Waals surface area contributed by atoms with E-state index in [4.69, 9.17) is 21.4 Å². The highest BCUT2D eigenvalue weighted by atomic mass is 35.5. The van der Waals surface area contributed by atoms with Crippen molar-refractivity contribution in [2.75, 3.05) is 19.8 Å². The van der Waals surface area contributed by atoms with Crippen molar-refractivity contribution in [1.29, 1.82) is 0 Å². The molecule has 0 amide bonds. The quantitative estimate of drug-likeness (QED) is 0.637. The van der Waals surface area contributed by atoms with E-state index in [1.165, 1.54) is 6.07 Å². The maximum Gasteiger partial charge on any atom is 0.244 e. The van der Waals surface area contributed by atoms with E-state index in [-0.39, 0.29) is 18.0 Å². The van der Waals surface area contributed by atoms with Gasteiger partial charge in [0, 0.05) is 18.2 Å². The number of hydrogen-bond acceptors (Lipinski definition) is 4. The molecular weight excluding hydrogens is 326 g/mol. The minimum absolute atomic E-state index is 0.0394. The van der Waals surface area contributed by atoms with Gasteiger partial charge in [0.2, 0.25) is 10.0 Å². The first-order valence-corrected chi connectivity index (χ1v) is 9.32. The van der Waals surface area contributed by atoms with Crippen LogP contribution >= 0.6 is 11.6 Å². The highest BCUT2D eigenvalue weighted by Crippen LogP contribution is 2.30. The molecule has 0 aliphatic heterocycles. The SMILES string of the molecule is CCCCCOc1cc(C)c(Cl)cc1S(=O)(=O)NCCCO. The summed E-state index contributed by atoms with van der Waals surface area (Å²) in [6.45, 7) is 4.45. The lowest BCUT2D eigenvalue weighted by atomic mass is 10.2. The van der Waals surface area contributed by atoms with E-state index in [1.54, 1.807) is 13.0 Å². The number of aryl methyl sites for hydroxylation is 1. The second-order valence-corrected chi connectivity index (χ2v) is 7.22. The molecule has 22 heavy (non-hydrogen) atoms. The Morgan fingerprint density at radius 1 is 1.27 bits per heavy atom. The van der Waals surface area contributed by atoms with Crippen molar-refractivity contribution in [2.24, 2.45) is 0 Å². The highest BCUT2D eigenvalue weighted by Gasteiger charge is 2.21. The number of hydrogen-bond donors (Lipinski definition) is 2. The fraction of sp³-hybridized carbons (Fsp3) is 0.600. The summed E-state index contributed by atoms with van der Waals surface area (Å²) in [4.78, 5) is 0.0394. The number of unbranched alkanes of at least 4 members (excludes halogenated alkanes) is 2. The predicted molar refractivity (Wildman–Crippen MR) is 88.1 cm³/mol. The molecule has 0 atom stereocenters. The van der Waals surface area contributed by atoms with Gasteiger partial charge in [-0.2, -0.15) is 0 Å². The normalized spacial score (nSPS) is 11.6. The first-order chi connectivity index (χ1) is 10.4. The zero-order valence-electron chi connectivity index (χ0n) is 13.1. The van der Waals surface area contributed by atoms with Gasteiger partial charge >= 0.3 is 0 Å². The Kier molecular flexibility index (Phi) is 8.17. The second kappa shape index (κ2) is 9.35. The topological polar surface area (TPSA) is 75.6 Å². The number of aliphatic hydroxyl groups is 1. The molecule has 2 N–H and O–H groups in total. The second-order valence-electron chi connectivity index (χ2n) is 5.08. The maximum atomic E-state index is 12.3. The lowest BCUT2D eigenvalue weighted by Crippen LogP contribution is -2.26. The van der Waals surface area contributed by atoms with E-state index in [1.807, 2.05) is 0 Å². The molecule has 7 heteroatoms. The molecule has 0 fully saturated rings. The minimum Gasteiger partial charge on any atom is -0.492 e. The molecule has 0 aliphatic carbocycles. The Morgan fingerprint density at radius 3 is 2.64 bits per heavy atom. The van der Waals surface area contributed by atoms with Crippen molar-refractivity contribution in [3.8, 4) is 5.75 Å². The summed E-state index contributed by atoms with van der Waals surface area (Å²) >= 11 is 6.05. The number of sulfonamides is 1. The molecule has 0 saturated carbocycles. The fourth-order valence-corrected chi connectivity index (χ4v) is 3.31. The monoisotopic (exact) mass is 349 g/mol. The van der Waals surface area contributed by atoms with Crippen molar-refractivity contribution in [2.45, 2.75) is 44.4 Å². The summed E-state index contributed by atoms with van der Waals surface area (Å²) in [5.74, 6) is 0.314. The lowest BCUT2D eigenvalue weighted by molar-refractivity contribution is 0.289. The van der Waals surface area contributed by atoms with Crippen LogP contribution in [0.4, 0.5) is 0 Å². The molecule has 0 bridgehead atoms. The van der Waals surface area contributed by atoms with Crippen molar-refractivity contribution >= 4 is 21.6 Å². The van der Waals surface area contributed by atoms with Gasteiger partial charge in [-0.05, 0) is 37.5 Å². The average molecular weight is 350 g/mol. The summed E-state index contributed by atoms with van der Waals surface area (Å²) in [7, 11) is -3.72. The van der Waals surface area contributed by atoms with Crippen LogP contribution in [0.3, 0.4) is 0 Å². The van der Waals surface area contributed by atoms with Crippen LogP contribution in [-0.4, -0.2) is 33.3 Å². The van der Waals surface area contributed by atoms with E-state index >= 15 is 0 Å². The Labute approximate surface area is 137 Å². The molecule has 1 aromatic carbocycles. The van der Waals surface area contributed by atoms with Gasteiger partial charge in [0.1, 0.15) is 10.6 Å². The minimum atomic E-state index is -3.72. The van der Waals surface area contributed by atoms with Crippen molar-refractivity contribution < 1.29 is 18.3 Å². The van der Waals surface area contributed by atoms with Crippen LogP contribution in [-0.2, 0) is 10.0 Å². The number of rotatable bonds is 10. The van der Waals surface area contributed by atoms with Crippen LogP contribution in [0.15, 0.2) is 17.0 Å². The first-order valence-electron chi connectivity index (χ1n) is 7.45. The van der Waals surface area contributed by atoms with Crippen LogP contribution < -0.4 is 9.46 Å². The zero-order chi connectivity index (χ0) is 16.6. The summed E-state index contributed by atoms with van der Waals surface area (Å²) < 4.78 is 32.8. The van der Waals surface area contributed by atoms with E-state index < -0.39 is 10.0 Å². The summed E-state index contributed by atoms with van der Waals surface area (Å²) in [5.41, 5.74) is 0.765. The van der Waals surface area contributed by atoms with Gasteiger partial charge in [-0.15, -0.1) is 0 Å². The largest absolute Gasteiger partial charge is 0.492 e. The van der Waals surface area contributed by atoms with Crippen LogP contribution in [0.25, 0.3) is 0 Å². The summed E-state index contributed by atoms with van der Waals surface area (Å²) in [5, 5.41) is 9.13. The summed E-state index contributed by atoms with van der Waals surface area (Å²) in [6.07, 6.45) is 3.32. The molecule has 126 valence electrons. The molecule has 0 spiro atoms. The van der Waals surface area contributed by atoms with Gasteiger partial charge < -0.3 is 9.84 Å². The van der Waals surface area contributed by atoms with Crippen LogP contribution in [0, 0.1) is 6.92 Å². The van der Waals surface area contributed by atoms with Crippen molar-refractivity contribution in [3.05, 3.63) is 22.7 Å². The number of nitrogens with one attached hydrogen (secondary N) is 1. The van der Waals surface area contributed by atoms with Crippen LogP contribution in [0.2, 0.25) is 5.02 Å².